The number of aromatic hydroxyl groups is 3. The van der Waals surface area contributed by atoms with E-state index in [9.17, 15) is 9.59 Å². The van der Waals surface area contributed by atoms with E-state index >= 15 is 0 Å². The van der Waals surface area contributed by atoms with Crippen LogP contribution in [0.2, 0.25) is 0 Å². The minimum Gasteiger partial charge on any atom is -0.508 e. The van der Waals surface area contributed by atoms with E-state index in [0.29, 0.717) is 100 Å². The summed E-state index contributed by atoms with van der Waals surface area (Å²) in [5.74, 6) is 11.1. The van der Waals surface area contributed by atoms with Crippen molar-refractivity contribution in [2.75, 3.05) is 19.8 Å². The Morgan fingerprint density at radius 2 is 0.653 bits per heavy atom. The lowest BCUT2D eigenvalue weighted by molar-refractivity contribution is -0.239. The summed E-state index contributed by atoms with van der Waals surface area (Å²) in [6.07, 6.45) is 20.5. The number of fused-ring (bicyclic) bond motifs is 2. The summed E-state index contributed by atoms with van der Waals surface area (Å²) in [6, 6.07) is 106. The molecule has 14 aromatic rings. The number of imide groups is 1. The molecule has 0 spiro atoms. The molecule has 7 aliphatic rings. The van der Waals surface area contributed by atoms with Gasteiger partial charge < -0.3 is 58.0 Å². The van der Waals surface area contributed by atoms with Crippen LogP contribution in [0.1, 0.15) is 330 Å². The van der Waals surface area contributed by atoms with Gasteiger partial charge in [0.1, 0.15) is 59.1 Å². The molecule has 12 unspecified atom stereocenters. The fourth-order valence-electron chi connectivity index (χ4n) is 21.1. The number of carbonyl (C=O) groups excluding carboxylic acids is 2. The van der Waals surface area contributed by atoms with Gasteiger partial charge in [-0.15, -0.1) is 0 Å². The second-order valence-corrected chi connectivity index (χ2v) is 42.2. The third kappa shape index (κ3) is 32.0. The predicted octanol–water partition coefficient (Wildman–Crippen LogP) is 34.4. The molecule has 3 aliphatic heterocycles. The molecule has 21 rings (SSSR count). The number of rotatable bonds is 35. The highest BCUT2D eigenvalue weighted by molar-refractivity contribution is 6.25. The van der Waals surface area contributed by atoms with Crippen molar-refractivity contribution < 1.29 is 67.5 Å². The van der Waals surface area contributed by atoms with E-state index in [1.807, 2.05) is 127 Å². The number of phenols is 3. The van der Waals surface area contributed by atoms with Crippen LogP contribution in [0.15, 0.2) is 322 Å². The first-order valence-corrected chi connectivity index (χ1v) is 55.8. The van der Waals surface area contributed by atoms with Gasteiger partial charge in [0, 0.05) is 29.7 Å². The van der Waals surface area contributed by atoms with Crippen LogP contribution < -0.4 is 18.9 Å². The highest BCUT2D eigenvalue weighted by atomic mass is 16.7. The van der Waals surface area contributed by atoms with Gasteiger partial charge in [-0.3, -0.25) is 14.5 Å². The molecular formula is C135H163NO14. The molecule has 4 saturated carbocycles. The Labute approximate surface area is 893 Å². The van der Waals surface area contributed by atoms with Crippen LogP contribution in [0.5, 0.6) is 40.2 Å². The van der Waals surface area contributed by atoms with Gasteiger partial charge in [0.15, 0.2) is 0 Å². The van der Waals surface area contributed by atoms with Gasteiger partial charge in [-0.1, -0.05) is 321 Å². The van der Waals surface area contributed by atoms with Crippen LogP contribution in [-0.2, 0) is 43.5 Å². The molecule has 6 fully saturated rings. The van der Waals surface area contributed by atoms with Gasteiger partial charge in [0.05, 0.1) is 25.9 Å². The summed E-state index contributed by atoms with van der Waals surface area (Å²) in [4.78, 5) is 28.4. The van der Waals surface area contributed by atoms with E-state index < -0.39 is 6.29 Å². The van der Waals surface area contributed by atoms with E-state index in [1.165, 1.54) is 98.7 Å². The second kappa shape index (κ2) is 57.6. The number of nitrogens with zero attached hydrogens (tertiary/aromatic N) is 1. The average molecular weight is 2020 g/mol. The largest absolute Gasteiger partial charge is 0.508 e. The third-order valence-corrected chi connectivity index (χ3v) is 31.7. The summed E-state index contributed by atoms with van der Waals surface area (Å²) in [5, 5.41) is 33.3. The van der Waals surface area contributed by atoms with Crippen LogP contribution >= 0.6 is 0 Å². The lowest BCUT2D eigenvalue weighted by atomic mass is 9.55. The van der Waals surface area contributed by atoms with Gasteiger partial charge >= 0.3 is 0 Å². The van der Waals surface area contributed by atoms with Crippen molar-refractivity contribution in [2.24, 2.45) is 23.7 Å². The molecule has 3 heterocycles. The minimum atomic E-state index is -0.870. The summed E-state index contributed by atoms with van der Waals surface area (Å²) in [6.45, 7) is 33.8. The fourth-order valence-corrected chi connectivity index (χ4v) is 21.1. The average Bonchev–Trinajstić information content (AvgIpc) is 0.737. The Hall–Kier alpha value is -12.6. The third-order valence-electron chi connectivity index (χ3n) is 31.7. The Kier molecular flexibility index (Phi) is 43.4. The molecule has 4 bridgehead atoms. The standard InChI is InChI=1S/C35H31NO4.C26H38O3.C23H30O3.C21H22O.3C10H14O/c1-3-23(2)24-17-19-28(20-18-24)40-32(39-22-27-13-6-10-25-9-4-5-14-29(25)27)21-36-34(37)30-15-7-11-26-12-8-16-31(33(26)30)35(36)38;1-3-17(2)20-7-9-23(10-8-20)28-26(24-6-4-5-11-27-24)29-25-21-13-18-12-19(15-21)16-22(25)14-18;1-3-18(2)20-12-14-21(15-13-20)26-23(22-11-7-8-16-24-22)25-17-19-9-5-4-6-10-19;1-3-16(2)17-11-13-20(14-12-17)22-15-19-9-6-8-18-7-4-5-10-21(18)19;3*1-3-8(2)9-4-6-10(11)7-5-9/h4-20,23,32H,3,21-22H2,1-2H3;7-10,17-19,21-22,24-26H,3-6,11-16H2,1-2H3;4-6,9-10,12-15,18,22-23H,3,7-8,11,16-17H2,1-2H3;4-14,16H,3,15H2,1-2H3;3*4-8,11H,3H2,1-2H3. The van der Waals surface area contributed by atoms with Crippen molar-refractivity contribution in [1.82, 2.24) is 4.90 Å². The highest BCUT2D eigenvalue weighted by Gasteiger charge is 2.50. The number of hydrogen-bond acceptors (Lipinski definition) is 14. The number of benzene rings is 14. The predicted molar refractivity (Wildman–Crippen MR) is 611 cm³/mol. The highest BCUT2D eigenvalue weighted by Crippen LogP contribution is 2.55. The van der Waals surface area contributed by atoms with Gasteiger partial charge in [0.25, 0.3) is 11.8 Å². The molecule has 792 valence electrons. The molecule has 4 aliphatic carbocycles. The number of phenolic OH excluding ortho intramolecular Hbond substituents is 3. The van der Waals surface area contributed by atoms with Crippen molar-refractivity contribution in [3.8, 4) is 40.2 Å². The van der Waals surface area contributed by atoms with Gasteiger partial charge in [-0.05, 0) is 360 Å². The number of amides is 2. The summed E-state index contributed by atoms with van der Waals surface area (Å²) >= 11 is 0. The van der Waals surface area contributed by atoms with Crippen molar-refractivity contribution in [1.29, 1.82) is 0 Å². The zero-order valence-electron chi connectivity index (χ0n) is 91.2. The lowest BCUT2D eigenvalue weighted by Gasteiger charge is -2.54. The van der Waals surface area contributed by atoms with Crippen molar-refractivity contribution in [2.45, 2.75) is 311 Å². The first kappa shape index (κ1) is 113. The molecule has 2 amide bonds. The van der Waals surface area contributed by atoms with E-state index in [0.717, 1.165) is 158 Å². The van der Waals surface area contributed by atoms with Crippen LogP contribution in [0.3, 0.4) is 0 Å². The molecule has 12 atom stereocenters. The maximum absolute atomic E-state index is 13.6. The van der Waals surface area contributed by atoms with Crippen molar-refractivity contribution in [3.05, 3.63) is 388 Å². The quantitative estimate of drug-likeness (QED) is 0.0252. The Morgan fingerprint density at radius 3 is 1.04 bits per heavy atom. The molecule has 15 heteroatoms. The molecule has 15 nitrogen and oxygen atoms in total. The zero-order chi connectivity index (χ0) is 106. The normalized spacial score (nSPS) is 19.3. The van der Waals surface area contributed by atoms with Crippen molar-refractivity contribution >= 4 is 44.1 Å². The van der Waals surface area contributed by atoms with Gasteiger partial charge in [-0.25, -0.2) is 0 Å². The smallest absolute Gasteiger partial charge is 0.261 e. The Bertz CT molecular complexity index is 6170. The molecule has 2 saturated heterocycles. The summed E-state index contributed by atoms with van der Waals surface area (Å²) < 4.78 is 56.3. The molecule has 3 N–H and O–H groups in total. The van der Waals surface area contributed by atoms with Crippen LogP contribution in [-0.4, -0.2) is 89.0 Å². The zero-order valence-corrected chi connectivity index (χ0v) is 91.2. The minimum absolute atomic E-state index is 0.0123. The van der Waals surface area contributed by atoms with E-state index in [4.69, 9.17) is 58.0 Å². The second-order valence-electron chi connectivity index (χ2n) is 42.2. The lowest BCUT2D eigenvalue weighted by Crippen LogP contribution is -2.53. The molecule has 150 heavy (non-hydrogen) atoms. The van der Waals surface area contributed by atoms with Crippen LogP contribution in [0, 0.1) is 23.7 Å². The Morgan fingerprint density at radius 1 is 0.320 bits per heavy atom. The van der Waals surface area contributed by atoms with E-state index in [1.54, 1.807) is 48.5 Å². The van der Waals surface area contributed by atoms with Crippen LogP contribution in [0.25, 0.3) is 32.3 Å². The maximum Gasteiger partial charge on any atom is 0.261 e. The maximum atomic E-state index is 13.6. The van der Waals surface area contributed by atoms with Crippen LogP contribution in [0.4, 0.5) is 0 Å². The molecular weight excluding hydrogens is 1860 g/mol. The Balaban J connectivity index is 0.000000145. The fraction of sp³-hybridized carbons (Fsp3) is 0.407. The molecule has 0 aromatic heterocycles. The van der Waals surface area contributed by atoms with Gasteiger partial charge in [-0.2, -0.15) is 0 Å². The summed E-state index contributed by atoms with van der Waals surface area (Å²) in [5.41, 5.74) is 13.6. The SMILES string of the molecule is CCC(C)c1ccc(O)cc1.CCC(C)c1ccc(O)cc1.CCC(C)c1ccc(O)cc1.CCC(C)c1ccc(OC(CN2C(=O)c3cccc4cccc(c34)C2=O)OCc2cccc3ccccc23)cc1.CCC(C)c1ccc(OC(OC2C3CC4CC(C3)CC2C4)C2CCCCO2)cc1.CCC(C)c1ccc(OC(OCc2ccccc2)C2CCCCO2)cc1.CCC(C)c1ccc(OCc2cccc3ccccc23)cc1. The first-order valence-electron chi connectivity index (χ1n) is 55.8. The topological polar surface area (TPSA) is 181 Å². The summed E-state index contributed by atoms with van der Waals surface area (Å²) in [7, 11) is 0. The van der Waals surface area contributed by atoms with E-state index in [2.05, 4.69) is 243 Å². The number of hydrogen-bond donors (Lipinski definition) is 3. The first-order chi connectivity index (χ1) is 73.0. The monoisotopic (exact) mass is 2020 g/mol. The number of carbonyl (C=O) groups is 2. The number of ether oxygens (including phenoxy) is 9. The van der Waals surface area contributed by atoms with Crippen molar-refractivity contribution in [3.63, 3.8) is 0 Å². The molecule has 0 radical (unpaired) electrons. The van der Waals surface area contributed by atoms with E-state index in [-0.39, 0.29) is 49.8 Å². The van der Waals surface area contributed by atoms with Gasteiger partial charge in [0.2, 0.25) is 18.9 Å². The molecule has 14 aromatic carbocycles.